The minimum absolute atomic E-state index is 0.0136. The lowest BCUT2D eigenvalue weighted by molar-refractivity contribution is -0.132. The Morgan fingerprint density at radius 2 is 1.97 bits per heavy atom. The fraction of sp³-hybridized carbons (Fsp3) is 0.261. The predicted molar refractivity (Wildman–Crippen MR) is 120 cm³/mol. The minimum Gasteiger partial charge on any atom is -0.493 e. The third-order valence-corrected chi connectivity index (χ3v) is 6.41. The Labute approximate surface area is 182 Å². The Bertz CT molecular complexity index is 1390. The van der Waals surface area contributed by atoms with E-state index in [0.29, 0.717) is 21.0 Å². The summed E-state index contributed by atoms with van der Waals surface area (Å²) in [4.78, 5) is 32.2. The largest absolute Gasteiger partial charge is 0.493 e. The van der Waals surface area contributed by atoms with Gasteiger partial charge in [0.15, 0.2) is 23.1 Å². The van der Waals surface area contributed by atoms with Crippen molar-refractivity contribution in [2.24, 2.45) is 0 Å². The van der Waals surface area contributed by atoms with E-state index >= 15 is 0 Å². The van der Waals surface area contributed by atoms with Crippen molar-refractivity contribution in [3.8, 4) is 11.5 Å². The topological polar surface area (TPSA) is 73.1 Å². The second-order valence-electron chi connectivity index (χ2n) is 7.42. The third-order valence-electron chi connectivity index (χ3n) is 5.44. The van der Waals surface area contributed by atoms with Gasteiger partial charge in [-0.1, -0.05) is 29.5 Å². The fourth-order valence-electron chi connectivity index (χ4n) is 3.85. The number of methoxy groups -OCH3 is 1. The summed E-state index contributed by atoms with van der Waals surface area (Å²) < 4.78 is 13.4. The Morgan fingerprint density at radius 3 is 2.77 bits per heavy atom. The van der Waals surface area contributed by atoms with Crippen LogP contribution in [0.4, 0.5) is 0 Å². The average molecular weight is 436 g/mol. The van der Waals surface area contributed by atoms with Gasteiger partial charge in [0.2, 0.25) is 0 Å². The molecule has 2 aromatic heterocycles. The number of likely N-dealkylation sites (tertiary alicyclic amines) is 1. The van der Waals surface area contributed by atoms with Crippen LogP contribution in [0.1, 0.15) is 18.4 Å². The van der Waals surface area contributed by atoms with Crippen LogP contribution < -0.4 is 19.6 Å². The van der Waals surface area contributed by atoms with Gasteiger partial charge in [0.1, 0.15) is 0 Å². The Hall–Kier alpha value is -3.39. The van der Waals surface area contributed by atoms with E-state index in [1.54, 1.807) is 23.6 Å². The lowest BCUT2D eigenvalue weighted by Crippen LogP contribution is -2.32. The normalized spacial score (nSPS) is 14.6. The van der Waals surface area contributed by atoms with Crippen LogP contribution in [0.3, 0.4) is 0 Å². The number of ether oxygens (including phenoxy) is 2. The molecule has 0 radical (unpaired) electrons. The van der Waals surface area contributed by atoms with E-state index in [1.807, 2.05) is 41.3 Å². The second-order valence-corrected chi connectivity index (χ2v) is 8.43. The number of fused-ring (bicyclic) bond motifs is 3. The maximum absolute atomic E-state index is 12.9. The summed E-state index contributed by atoms with van der Waals surface area (Å²) in [7, 11) is 1.55. The first-order valence-electron chi connectivity index (χ1n) is 10.1. The molecule has 1 aliphatic rings. The molecule has 31 heavy (non-hydrogen) atoms. The number of thiazole rings is 1. The van der Waals surface area contributed by atoms with Gasteiger partial charge in [0.05, 0.1) is 22.7 Å². The van der Waals surface area contributed by atoms with Crippen LogP contribution in [0.2, 0.25) is 0 Å². The van der Waals surface area contributed by atoms with Crippen molar-refractivity contribution in [1.82, 2.24) is 14.3 Å². The number of carbonyl (C=O) groups excluding carboxylic acids is 1. The summed E-state index contributed by atoms with van der Waals surface area (Å²) in [5.74, 6) is 1.00. The van der Waals surface area contributed by atoms with Gasteiger partial charge in [-0.3, -0.25) is 9.59 Å². The van der Waals surface area contributed by atoms with Gasteiger partial charge in [-0.25, -0.2) is 9.38 Å². The van der Waals surface area contributed by atoms with Crippen LogP contribution in [-0.4, -0.2) is 47.0 Å². The maximum atomic E-state index is 12.9. The van der Waals surface area contributed by atoms with Crippen LogP contribution in [0.15, 0.2) is 47.3 Å². The monoisotopic (exact) mass is 435 g/mol. The summed E-state index contributed by atoms with van der Waals surface area (Å²) in [6.45, 7) is 1.58. The third kappa shape index (κ3) is 3.63. The molecule has 0 bridgehead atoms. The van der Waals surface area contributed by atoms with Gasteiger partial charge in [-0.2, -0.15) is 0 Å². The van der Waals surface area contributed by atoms with Gasteiger partial charge in [-0.15, -0.1) is 0 Å². The molecule has 5 rings (SSSR count). The highest BCUT2D eigenvalue weighted by atomic mass is 32.1. The molecular weight excluding hydrogens is 414 g/mol. The molecule has 0 saturated carbocycles. The van der Waals surface area contributed by atoms with E-state index in [-0.39, 0.29) is 18.1 Å². The van der Waals surface area contributed by atoms with Crippen LogP contribution in [0.5, 0.6) is 11.5 Å². The highest BCUT2D eigenvalue weighted by Crippen LogP contribution is 2.28. The molecule has 0 unspecified atom stereocenters. The number of nitrogens with zero attached hydrogens (tertiary/aromatic N) is 3. The van der Waals surface area contributed by atoms with Crippen molar-refractivity contribution in [2.45, 2.75) is 12.8 Å². The first-order valence-corrected chi connectivity index (χ1v) is 11.0. The molecule has 0 N–H and O–H groups in total. The van der Waals surface area contributed by atoms with Gasteiger partial charge >= 0.3 is 0 Å². The van der Waals surface area contributed by atoms with E-state index in [2.05, 4.69) is 4.98 Å². The van der Waals surface area contributed by atoms with Crippen molar-refractivity contribution in [3.05, 3.63) is 62.9 Å². The van der Waals surface area contributed by atoms with Gasteiger partial charge in [-0.05, 0) is 48.7 Å². The van der Waals surface area contributed by atoms with Gasteiger partial charge in [0.25, 0.3) is 11.5 Å². The lowest BCUT2D eigenvalue weighted by atomic mass is 10.2. The minimum atomic E-state index is -0.0933. The SMILES string of the molecule is COc1cc(/C=c2\sc3nc4ccccc4n3c2=O)ccc1OCC(=O)N1CCCC1. The molecule has 1 fully saturated rings. The molecule has 0 atom stereocenters. The van der Waals surface area contributed by atoms with Gasteiger partial charge in [0, 0.05) is 13.1 Å². The van der Waals surface area contributed by atoms with Crippen LogP contribution in [0.25, 0.3) is 22.1 Å². The molecular formula is C23H21N3O4S. The average Bonchev–Trinajstić information content (AvgIpc) is 3.50. The summed E-state index contributed by atoms with van der Waals surface area (Å²) in [6, 6.07) is 13.0. The summed E-state index contributed by atoms with van der Waals surface area (Å²) in [6.07, 6.45) is 3.91. The van der Waals surface area contributed by atoms with Crippen molar-refractivity contribution >= 4 is 39.3 Å². The number of rotatable bonds is 5. The number of hydrogen-bond acceptors (Lipinski definition) is 6. The van der Waals surface area contributed by atoms with Crippen LogP contribution in [0, 0.1) is 0 Å². The fourth-order valence-corrected chi connectivity index (χ4v) is 4.84. The molecule has 8 heteroatoms. The van der Waals surface area contributed by atoms with Crippen LogP contribution in [-0.2, 0) is 4.79 Å². The Balaban J connectivity index is 1.43. The van der Waals surface area contributed by atoms with E-state index in [4.69, 9.17) is 9.47 Å². The highest BCUT2D eigenvalue weighted by Gasteiger charge is 2.19. The second kappa shape index (κ2) is 8.03. The molecule has 1 aliphatic heterocycles. The zero-order valence-corrected chi connectivity index (χ0v) is 17.9. The molecule has 0 aliphatic carbocycles. The lowest BCUT2D eigenvalue weighted by Gasteiger charge is -2.16. The number of hydrogen-bond donors (Lipinski definition) is 0. The molecule has 1 amide bonds. The first-order chi connectivity index (χ1) is 15.1. The van der Waals surface area contributed by atoms with E-state index in [0.717, 1.165) is 42.5 Å². The Kier molecular flexibility index (Phi) is 5.07. The number of amides is 1. The molecule has 1 saturated heterocycles. The summed E-state index contributed by atoms with van der Waals surface area (Å²) in [5, 5.41) is 0. The number of aromatic nitrogens is 2. The Morgan fingerprint density at radius 1 is 1.16 bits per heavy atom. The molecule has 0 spiro atoms. The zero-order valence-electron chi connectivity index (χ0n) is 17.0. The molecule has 4 aromatic rings. The van der Waals surface area contributed by atoms with E-state index in [9.17, 15) is 9.59 Å². The van der Waals surface area contributed by atoms with Crippen molar-refractivity contribution < 1.29 is 14.3 Å². The quantitative estimate of drug-likeness (QED) is 0.482. The van der Waals surface area contributed by atoms with E-state index in [1.165, 1.54) is 11.3 Å². The van der Waals surface area contributed by atoms with E-state index < -0.39 is 0 Å². The number of para-hydroxylation sites is 2. The summed E-state index contributed by atoms with van der Waals surface area (Å²) in [5.41, 5.74) is 2.33. The van der Waals surface area contributed by atoms with Crippen LogP contribution >= 0.6 is 11.3 Å². The molecule has 2 aromatic carbocycles. The molecule has 158 valence electrons. The first kappa shape index (κ1) is 19.6. The predicted octanol–water partition coefficient (Wildman–Crippen LogP) is 2.47. The summed E-state index contributed by atoms with van der Waals surface area (Å²) >= 11 is 1.35. The molecule has 3 heterocycles. The highest BCUT2D eigenvalue weighted by molar-refractivity contribution is 7.15. The molecule has 7 nitrogen and oxygen atoms in total. The van der Waals surface area contributed by atoms with Crippen molar-refractivity contribution in [2.75, 3.05) is 26.8 Å². The zero-order chi connectivity index (χ0) is 21.4. The van der Waals surface area contributed by atoms with Gasteiger partial charge < -0.3 is 14.4 Å². The maximum Gasteiger partial charge on any atom is 0.274 e. The number of carbonyl (C=O) groups is 1. The number of imidazole rings is 1. The standard InChI is InChI=1S/C23H21N3O4S/c1-29-19-12-15(8-9-18(19)30-14-21(27)25-10-4-5-11-25)13-20-22(28)26-17-7-3-2-6-16(17)24-23(26)31-20/h2-3,6-9,12-13H,4-5,10-11,14H2,1H3/b20-13-. The van der Waals surface area contributed by atoms with Crippen molar-refractivity contribution in [3.63, 3.8) is 0 Å². The smallest absolute Gasteiger partial charge is 0.274 e. The number of benzene rings is 2. The van der Waals surface area contributed by atoms with Crippen molar-refractivity contribution in [1.29, 1.82) is 0 Å².